The largest absolute Gasteiger partial charge is 0.355 e. The molecule has 1 N–H and O–H groups in total. The quantitative estimate of drug-likeness (QED) is 0.638. The number of nitrogens with one attached hydrogen (secondary N) is 1. The molecule has 3 rings (SSSR count). The fraction of sp³-hybridized carbons (Fsp3) is 0.474. The van der Waals surface area contributed by atoms with Crippen molar-refractivity contribution in [1.29, 1.82) is 0 Å². The first-order chi connectivity index (χ1) is 13.9. The van der Waals surface area contributed by atoms with Crippen LogP contribution in [-0.2, 0) is 21.4 Å². The summed E-state index contributed by atoms with van der Waals surface area (Å²) in [4.78, 5) is 14.2. The van der Waals surface area contributed by atoms with Gasteiger partial charge in [0.15, 0.2) is 0 Å². The Morgan fingerprint density at radius 3 is 2.66 bits per heavy atom. The zero-order chi connectivity index (χ0) is 20.7. The summed E-state index contributed by atoms with van der Waals surface area (Å²) in [5, 5.41) is 7.01. The number of rotatable bonds is 8. The fourth-order valence-electron chi connectivity index (χ4n) is 3.26. The number of sulfonamides is 1. The van der Waals surface area contributed by atoms with Gasteiger partial charge in [0, 0.05) is 45.1 Å². The van der Waals surface area contributed by atoms with E-state index in [1.165, 1.54) is 16.4 Å². The fourth-order valence-corrected chi connectivity index (χ4v) is 4.73. The van der Waals surface area contributed by atoms with E-state index in [9.17, 15) is 17.6 Å². The van der Waals surface area contributed by atoms with Crippen molar-refractivity contribution in [3.05, 3.63) is 48.5 Å². The highest BCUT2D eigenvalue weighted by atomic mass is 32.2. The number of aryl methyl sites for hydroxylation is 1. The Kier molecular flexibility index (Phi) is 7.34. The minimum absolute atomic E-state index is 0.0692. The number of halogens is 1. The summed E-state index contributed by atoms with van der Waals surface area (Å²) in [6.45, 7) is 3.35. The van der Waals surface area contributed by atoms with Crippen LogP contribution in [0.15, 0.2) is 47.6 Å². The molecule has 1 saturated heterocycles. The third-order valence-corrected chi connectivity index (χ3v) is 6.72. The highest BCUT2D eigenvalue weighted by Crippen LogP contribution is 2.18. The number of aromatic nitrogens is 2. The summed E-state index contributed by atoms with van der Waals surface area (Å²) in [5.41, 5.74) is 0. The number of hydrogen-bond acceptors (Lipinski definition) is 5. The molecule has 0 unspecified atom stereocenters. The number of carbonyl (C=O) groups is 1. The maximum Gasteiger partial charge on any atom is 0.243 e. The molecule has 1 amide bonds. The molecule has 8 nitrogen and oxygen atoms in total. The third-order valence-electron chi connectivity index (χ3n) is 4.81. The van der Waals surface area contributed by atoms with Crippen molar-refractivity contribution >= 4 is 15.9 Å². The molecule has 158 valence electrons. The van der Waals surface area contributed by atoms with Gasteiger partial charge in [-0.2, -0.15) is 9.40 Å². The summed E-state index contributed by atoms with van der Waals surface area (Å²) in [7, 11) is -3.66. The van der Waals surface area contributed by atoms with Crippen LogP contribution in [0.1, 0.15) is 12.8 Å². The van der Waals surface area contributed by atoms with E-state index in [1.54, 1.807) is 6.20 Å². The van der Waals surface area contributed by atoms with Crippen LogP contribution in [0.5, 0.6) is 0 Å². The lowest BCUT2D eigenvalue weighted by Crippen LogP contribution is -2.40. The van der Waals surface area contributed by atoms with E-state index in [0.717, 1.165) is 25.1 Å². The predicted molar refractivity (Wildman–Crippen MR) is 106 cm³/mol. The normalized spacial score (nSPS) is 16.4. The average Bonchev–Trinajstić information content (AvgIpc) is 3.10. The van der Waals surface area contributed by atoms with Crippen molar-refractivity contribution < 1.29 is 17.6 Å². The molecule has 1 fully saturated rings. The number of carbonyl (C=O) groups excluding carboxylic acids is 1. The van der Waals surface area contributed by atoms with Crippen molar-refractivity contribution in [1.82, 2.24) is 24.3 Å². The molecule has 2 heterocycles. The highest BCUT2D eigenvalue weighted by molar-refractivity contribution is 7.89. The Morgan fingerprint density at radius 2 is 1.93 bits per heavy atom. The predicted octanol–water partition coefficient (Wildman–Crippen LogP) is 0.925. The van der Waals surface area contributed by atoms with Crippen LogP contribution < -0.4 is 5.32 Å². The smallest absolute Gasteiger partial charge is 0.243 e. The van der Waals surface area contributed by atoms with E-state index in [-0.39, 0.29) is 17.3 Å². The molecule has 0 atom stereocenters. The zero-order valence-electron chi connectivity index (χ0n) is 16.2. The minimum atomic E-state index is -3.66. The Labute approximate surface area is 170 Å². The zero-order valence-corrected chi connectivity index (χ0v) is 17.0. The topological polar surface area (TPSA) is 87.5 Å². The van der Waals surface area contributed by atoms with Crippen LogP contribution in [0, 0.1) is 5.82 Å². The van der Waals surface area contributed by atoms with Gasteiger partial charge in [-0.05, 0) is 49.7 Å². The van der Waals surface area contributed by atoms with Crippen molar-refractivity contribution in [3.63, 3.8) is 0 Å². The second-order valence-corrected chi connectivity index (χ2v) is 8.90. The van der Waals surface area contributed by atoms with E-state index in [0.29, 0.717) is 39.1 Å². The van der Waals surface area contributed by atoms with Gasteiger partial charge in [0.25, 0.3) is 0 Å². The average molecular weight is 424 g/mol. The first-order valence-corrected chi connectivity index (χ1v) is 11.1. The molecule has 1 aliphatic heterocycles. The molecule has 0 radical (unpaired) electrons. The second-order valence-electron chi connectivity index (χ2n) is 6.96. The van der Waals surface area contributed by atoms with Crippen LogP contribution in [0.2, 0.25) is 0 Å². The van der Waals surface area contributed by atoms with Gasteiger partial charge in [-0.3, -0.25) is 14.4 Å². The highest BCUT2D eigenvalue weighted by Gasteiger charge is 2.27. The molecule has 1 aromatic heterocycles. The Balaban J connectivity index is 1.44. The van der Waals surface area contributed by atoms with Crippen LogP contribution in [-0.4, -0.2) is 72.6 Å². The van der Waals surface area contributed by atoms with Gasteiger partial charge < -0.3 is 5.32 Å². The van der Waals surface area contributed by atoms with Gasteiger partial charge in [-0.15, -0.1) is 0 Å². The van der Waals surface area contributed by atoms with E-state index in [4.69, 9.17) is 0 Å². The van der Waals surface area contributed by atoms with Crippen molar-refractivity contribution in [2.45, 2.75) is 24.3 Å². The lowest BCUT2D eigenvalue weighted by Gasteiger charge is -2.21. The van der Waals surface area contributed by atoms with E-state index in [1.807, 2.05) is 21.8 Å². The monoisotopic (exact) mass is 423 g/mol. The Bertz CT molecular complexity index is 887. The van der Waals surface area contributed by atoms with Crippen LogP contribution in [0.25, 0.3) is 0 Å². The molecule has 1 aromatic carbocycles. The van der Waals surface area contributed by atoms with Gasteiger partial charge in [0.1, 0.15) is 5.82 Å². The van der Waals surface area contributed by atoms with Crippen molar-refractivity contribution in [3.8, 4) is 0 Å². The molecular formula is C19H26FN5O3S. The van der Waals surface area contributed by atoms with Gasteiger partial charge in [-0.25, -0.2) is 12.8 Å². The van der Waals surface area contributed by atoms with Gasteiger partial charge in [0.05, 0.1) is 11.4 Å². The summed E-state index contributed by atoms with van der Waals surface area (Å²) in [5.74, 6) is -0.540. The number of hydrogen-bond donors (Lipinski definition) is 1. The Morgan fingerprint density at radius 1 is 1.14 bits per heavy atom. The molecule has 1 aliphatic rings. The summed E-state index contributed by atoms with van der Waals surface area (Å²) >= 11 is 0. The lowest BCUT2D eigenvalue weighted by molar-refractivity contribution is -0.122. The Hall–Kier alpha value is -2.30. The molecular weight excluding hydrogens is 397 g/mol. The molecule has 2 aromatic rings. The van der Waals surface area contributed by atoms with Crippen LogP contribution >= 0.6 is 0 Å². The molecule has 0 saturated carbocycles. The maximum absolute atomic E-state index is 13.1. The first kappa shape index (κ1) is 21.4. The maximum atomic E-state index is 13.1. The van der Waals surface area contributed by atoms with Crippen LogP contribution in [0.3, 0.4) is 0 Å². The molecule has 10 heteroatoms. The molecule has 29 heavy (non-hydrogen) atoms. The first-order valence-electron chi connectivity index (χ1n) is 9.67. The van der Waals surface area contributed by atoms with Gasteiger partial charge >= 0.3 is 0 Å². The summed E-state index contributed by atoms with van der Waals surface area (Å²) in [6.07, 6.45) is 5.02. The van der Waals surface area contributed by atoms with Gasteiger partial charge in [0.2, 0.25) is 15.9 Å². The van der Waals surface area contributed by atoms with Crippen molar-refractivity contribution in [2.75, 3.05) is 39.3 Å². The summed E-state index contributed by atoms with van der Waals surface area (Å²) in [6, 6.07) is 6.72. The van der Waals surface area contributed by atoms with E-state index >= 15 is 0 Å². The molecule has 0 aliphatic carbocycles. The second kappa shape index (κ2) is 9.95. The van der Waals surface area contributed by atoms with E-state index < -0.39 is 15.8 Å². The minimum Gasteiger partial charge on any atom is -0.355 e. The van der Waals surface area contributed by atoms with Crippen LogP contribution in [0.4, 0.5) is 4.39 Å². The third kappa shape index (κ3) is 6.09. The van der Waals surface area contributed by atoms with Crippen molar-refractivity contribution in [2.24, 2.45) is 0 Å². The standard InChI is InChI=1S/C19H26FN5O3S/c20-17-4-6-18(7-5-17)29(27,28)25-13-3-10-23(14-15-25)16-19(26)21-8-1-11-24-12-2-9-22-24/h2,4-7,9,12H,1,3,8,10-11,13-16H2,(H,21,26). The van der Waals surface area contributed by atoms with E-state index in [2.05, 4.69) is 10.4 Å². The van der Waals surface area contributed by atoms with Gasteiger partial charge in [-0.1, -0.05) is 0 Å². The molecule has 0 bridgehead atoms. The number of amides is 1. The lowest BCUT2D eigenvalue weighted by atomic mass is 10.3. The SMILES string of the molecule is O=C(CN1CCCN(S(=O)(=O)c2ccc(F)cc2)CC1)NCCCn1cccn1. The summed E-state index contributed by atoms with van der Waals surface area (Å²) < 4.78 is 41.8. The number of nitrogens with zero attached hydrogens (tertiary/aromatic N) is 4. The number of benzene rings is 1. The molecule has 0 spiro atoms.